The molecule has 0 saturated carbocycles. The molecular formula is C34H32ClN5O4S. The molecule has 11 heteroatoms. The molecule has 6 aromatic rings. The van der Waals surface area contributed by atoms with Gasteiger partial charge in [-0.25, -0.2) is 13.4 Å². The average molecular weight is 642 g/mol. The fourth-order valence-corrected chi connectivity index (χ4v) is 7.41. The summed E-state index contributed by atoms with van der Waals surface area (Å²) in [6.45, 7) is 1.45. The zero-order chi connectivity index (χ0) is 30.4. The highest BCUT2D eigenvalue weighted by molar-refractivity contribution is 7.89. The highest BCUT2D eigenvalue weighted by Crippen LogP contribution is 2.36. The summed E-state index contributed by atoms with van der Waals surface area (Å²) in [5.74, 6) is 1.85. The van der Waals surface area contributed by atoms with Crippen LogP contribution in [0, 0.1) is 0 Å². The fourth-order valence-electron chi connectivity index (χ4n) is 5.99. The van der Waals surface area contributed by atoms with E-state index in [2.05, 4.69) is 35.3 Å². The van der Waals surface area contributed by atoms with Crippen molar-refractivity contribution in [3.05, 3.63) is 91.0 Å². The Hall–Kier alpha value is -4.64. The first-order chi connectivity index (χ1) is 21.4. The van der Waals surface area contributed by atoms with Crippen LogP contribution in [0.25, 0.3) is 43.6 Å². The van der Waals surface area contributed by atoms with Crippen LogP contribution in [0.2, 0.25) is 0 Å². The Morgan fingerprint density at radius 2 is 1.33 bits per heavy atom. The number of sulfonamides is 1. The molecule has 1 aliphatic rings. The minimum Gasteiger partial charge on any atom is -0.493 e. The molecule has 45 heavy (non-hydrogen) atoms. The fraction of sp³-hybridized carbons (Fsp3) is 0.176. The number of halogens is 1. The number of hydrogen-bond acceptors (Lipinski definition) is 8. The van der Waals surface area contributed by atoms with Crippen LogP contribution in [0.15, 0.2) is 95.9 Å². The lowest BCUT2D eigenvalue weighted by Crippen LogP contribution is -2.49. The van der Waals surface area contributed by atoms with Crippen molar-refractivity contribution < 1.29 is 17.9 Å². The van der Waals surface area contributed by atoms with Crippen LogP contribution in [0.4, 0.5) is 11.8 Å². The molecule has 0 atom stereocenters. The summed E-state index contributed by atoms with van der Waals surface area (Å²) in [6, 6.07) is 29.5. The van der Waals surface area contributed by atoms with Gasteiger partial charge in [-0.05, 0) is 56.9 Å². The maximum atomic E-state index is 13.7. The highest BCUT2D eigenvalue weighted by Gasteiger charge is 2.30. The van der Waals surface area contributed by atoms with Gasteiger partial charge in [-0.15, -0.1) is 12.4 Å². The second-order valence-corrected chi connectivity index (χ2v) is 12.7. The number of methoxy groups -OCH3 is 2. The van der Waals surface area contributed by atoms with Gasteiger partial charge in [0.1, 0.15) is 5.82 Å². The number of nitrogens with two attached hydrogens (primary N) is 1. The van der Waals surface area contributed by atoms with E-state index in [9.17, 15) is 8.42 Å². The van der Waals surface area contributed by atoms with E-state index >= 15 is 0 Å². The summed E-state index contributed by atoms with van der Waals surface area (Å²) >= 11 is 0. The van der Waals surface area contributed by atoms with Crippen molar-refractivity contribution in [3.8, 4) is 22.6 Å². The van der Waals surface area contributed by atoms with Gasteiger partial charge in [-0.1, -0.05) is 60.7 Å². The molecule has 0 aliphatic carbocycles. The van der Waals surface area contributed by atoms with Crippen LogP contribution >= 0.6 is 12.4 Å². The molecule has 0 unspecified atom stereocenters. The van der Waals surface area contributed by atoms with E-state index in [0.29, 0.717) is 60.3 Å². The minimum atomic E-state index is -3.69. The van der Waals surface area contributed by atoms with Gasteiger partial charge < -0.3 is 20.1 Å². The largest absolute Gasteiger partial charge is 0.493 e. The number of hydrogen-bond donors (Lipinski definition) is 1. The molecule has 7 rings (SSSR count). The van der Waals surface area contributed by atoms with Gasteiger partial charge in [0.25, 0.3) is 0 Å². The topological polar surface area (TPSA) is 111 Å². The molecule has 5 aromatic carbocycles. The summed E-state index contributed by atoms with van der Waals surface area (Å²) < 4.78 is 39.6. The molecule has 1 aliphatic heterocycles. The average Bonchev–Trinajstić information content (AvgIpc) is 3.07. The SMILES string of the molecule is COc1cc2nc(N3CCN(S(=O)(=O)c4ccc(-c5cc6ccccc6c6ccccc56)cc4)CC3)nc(N)c2cc1OC.Cl. The smallest absolute Gasteiger partial charge is 0.243 e. The van der Waals surface area contributed by atoms with Gasteiger partial charge in [-0.3, -0.25) is 0 Å². The van der Waals surface area contributed by atoms with Gasteiger partial charge in [-0.2, -0.15) is 9.29 Å². The zero-order valence-corrected chi connectivity index (χ0v) is 26.4. The van der Waals surface area contributed by atoms with E-state index in [-0.39, 0.29) is 17.3 Å². The Morgan fingerprint density at radius 1 is 0.711 bits per heavy atom. The third kappa shape index (κ3) is 5.35. The van der Waals surface area contributed by atoms with Crippen molar-refractivity contribution in [2.75, 3.05) is 51.0 Å². The number of fused-ring (bicyclic) bond motifs is 4. The molecule has 0 spiro atoms. The Bertz CT molecular complexity index is 2150. The van der Waals surface area contributed by atoms with Crippen LogP contribution in [0.5, 0.6) is 11.5 Å². The van der Waals surface area contributed by atoms with Gasteiger partial charge >= 0.3 is 0 Å². The molecule has 9 nitrogen and oxygen atoms in total. The maximum absolute atomic E-state index is 13.7. The van der Waals surface area contributed by atoms with Gasteiger partial charge in [0.05, 0.1) is 24.6 Å². The Labute approximate surface area is 267 Å². The van der Waals surface area contributed by atoms with E-state index in [1.54, 1.807) is 38.5 Å². The molecule has 2 N–H and O–H groups in total. The third-order valence-corrected chi connectivity index (χ3v) is 10.2. The van der Waals surface area contributed by atoms with Gasteiger partial charge in [0, 0.05) is 37.6 Å². The van der Waals surface area contributed by atoms with Crippen LogP contribution < -0.4 is 20.1 Å². The second kappa shape index (κ2) is 12.0. The summed E-state index contributed by atoms with van der Waals surface area (Å²) in [5, 5.41) is 5.31. The van der Waals surface area contributed by atoms with E-state index in [0.717, 1.165) is 21.9 Å². The first-order valence-corrected chi connectivity index (χ1v) is 15.8. The minimum absolute atomic E-state index is 0. The molecular weight excluding hydrogens is 610 g/mol. The van der Waals surface area contributed by atoms with Crippen molar-refractivity contribution in [1.29, 1.82) is 0 Å². The van der Waals surface area contributed by atoms with Crippen molar-refractivity contribution >= 4 is 66.6 Å². The second-order valence-electron chi connectivity index (χ2n) is 10.7. The Morgan fingerprint density at radius 3 is 2.02 bits per heavy atom. The molecule has 0 bridgehead atoms. The highest BCUT2D eigenvalue weighted by atomic mass is 35.5. The summed E-state index contributed by atoms with van der Waals surface area (Å²) in [4.78, 5) is 11.4. The zero-order valence-electron chi connectivity index (χ0n) is 24.8. The number of ether oxygens (including phenoxy) is 2. The first-order valence-electron chi connectivity index (χ1n) is 14.3. The van der Waals surface area contributed by atoms with Crippen molar-refractivity contribution in [3.63, 3.8) is 0 Å². The molecule has 0 amide bonds. The van der Waals surface area contributed by atoms with Gasteiger partial charge in [0.2, 0.25) is 16.0 Å². The summed E-state index contributed by atoms with van der Waals surface area (Å²) in [5.41, 5.74) is 8.95. The lowest BCUT2D eigenvalue weighted by atomic mass is 9.93. The van der Waals surface area contributed by atoms with Crippen LogP contribution in [0.3, 0.4) is 0 Å². The van der Waals surface area contributed by atoms with Crippen LogP contribution in [-0.2, 0) is 10.0 Å². The van der Waals surface area contributed by atoms with E-state index in [4.69, 9.17) is 20.2 Å². The molecule has 1 saturated heterocycles. The molecule has 2 heterocycles. The first kappa shape index (κ1) is 30.4. The number of benzene rings is 5. The van der Waals surface area contributed by atoms with Crippen molar-refractivity contribution in [1.82, 2.24) is 14.3 Å². The van der Waals surface area contributed by atoms with Crippen molar-refractivity contribution in [2.45, 2.75) is 4.90 Å². The van der Waals surface area contributed by atoms with E-state index in [1.807, 2.05) is 41.3 Å². The summed E-state index contributed by atoms with van der Waals surface area (Å²) in [6.07, 6.45) is 0. The molecule has 1 aromatic heterocycles. The Kier molecular flexibility index (Phi) is 8.13. The number of anilines is 2. The predicted molar refractivity (Wildman–Crippen MR) is 182 cm³/mol. The third-order valence-electron chi connectivity index (χ3n) is 8.31. The van der Waals surface area contributed by atoms with Gasteiger partial charge in [0.15, 0.2) is 11.5 Å². The number of nitrogen functional groups attached to an aromatic ring is 1. The maximum Gasteiger partial charge on any atom is 0.243 e. The normalized spacial score (nSPS) is 14.0. The quantitative estimate of drug-likeness (QED) is 0.216. The number of rotatable bonds is 6. The predicted octanol–water partition coefficient (Wildman–Crippen LogP) is 6.14. The number of aromatic nitrogens is 2. The lowest BCUT2D eigenvalue weighted by Gasteiger charge is -2.34. The molecule has 230 valence electrons. The van der Waals surface area contributed by atoms with Crippen LogP contribution in [0.1, 0.15) is 0 Å². The number of nitrogens with zero attached hydrogens (tertiary/aromatic N) is 4. The van der Waals surface area contributed by atoms with E-state index < -0.39 is 10.0 Å². The molecule has 0 radical (unpaired) electrons. The monoisotopic (exact) mass is 641 g/mol. The van der Waals surface area contributed by atoms with Crippen LogP contribution in [-0.4, -0.2) is 63.1 Å². The van der Waals surface area contributed by atoms with E-state index in [1.165, 1.54) is 15.1 Å². The summed E-state index contributed by atoms with van der Waals surface area (Å²) in [7, 11) is -0.570. The Balaban J connectivity index is 0.00000357. The lowest BCUT2D eigenvalue weighted by molar-refractivity contribution is 0.356. The number of piperazine rings is 1. The van der Waals surface area contributed by atoms with Crippen molar-refractivity contribution in [2.24, 2.45) is 0 Å². The molecule has 1 fully saturated rings. The standard InChI is InChI=1S/C34H31N5O4S.ClH/c1-42-31-20-29-30(21-32(31)43-2)36-34(37-33(29)35)38-15-17-39(18-16-38)44(40,41)24-13-11-22(12-14-24)28-19-23-7-3-4-8-25(23)26-9-5-6-10-27(26)28;/h3-14,19-21H,15-18H2,1-2H3,(H2,35,36,37);1H.